The van der Waals surface area contributed by atoms with Gasteiger partial charge in [-0.1, -0.05) is 26.7 Å². The minimum absolute atomic E-state index is 0.164. The van der Waals surface area contributed by atoms with Gasteiger partial charge in [0, 0.05) is 12.6 Å². The number of hydrogen-bond acceptors (Lipinski definition) is 4. The van der Waals surface area contributed by atoms with Crippen LogP contribution in [0.4, 0.5) is 0 Å². The third-order valence-corrected chi connectivity index (χ3v) is 4.94. The highest BCUT2D eigenvalue weighted by atomic mass is 79.9. The van der Waals surface area contributed by atoms with Crippen molar-refractivity contribution in [3.8, 4) is 0 Å². The largest absolute Gasteiger partial charge is 0.452 e. The van der Waals surface area contributed by atoms with Crippen molar-refractivity contribution in [1.29, 1.82) is 0 Å². The van der Waals surface area contributed by atoms with Crippen LogP contribution in [0.25, 0.3) is 0 Å². The smallest absolute Gasteiger partial charge is 0.244 e. The van der Waals surface area contributed by atoms with Crippen LogP contribution < -0.4 is 10.0 Å². The fraction of sp³-hybridized carbons (Fsp3) is 0.667. The first kappa shape index (κ1) is 16.7. The first-order chi connectivity index (χ1) is 9.01. The number of nitrogens with one attached hydrogen (secondary N) is 2. The number of hydrogen-bond donors (Lipinski definition) is 2. The van der Waals surface area contributed by atoms with E-state index in [2.05, 4.69) is 32.9 Å². The van der Waals surface area contributed by atoms with Gasteiger partial charge in [0.1, 0.15) is 10.7 Å². The maximum Gasteiger partial charge on any atom is 0.244 e. The van der Waals surface area contributed by atoms with Gasteiger partial charge in [-0.3, -0.25) is 0 Å². The van der Waals surface area contributed by atoms with Crippen molar-refractivity contribution in [1.82, 2.24) is 10.0 Å². The van der Waals surface area contributed by atoms with E-state index in [9.17, 15) is 8.42 Å². The lowest BCUT2D eigenvalue weighted by Crippen LogP contribution is -2.24. The van der Waals surface area contributed by atoms with Crippen molar-refractivity contribution in [3.63, 3.8) is 0 Å². The molecule has 0 atom stereocenters. The molecule has 0 aliphatic carbocycles. The topological polar surface area (TPSA) is 71.3 Å². The second-order valence-corrected chi connectivity index (χ2v) is 6.69. The highest BCUT2D eigenvalue weighted by Crippen LogP contribution is 2.26. The third-order valence-electron chi connectivity index (χ3n) is 2.62. The Hall–Kier alpha value is -0.370. The molecule has 0 fully saturated rings. The predicted molar refractivity (Wildman–Crippen MR) is 78.5 cm³/mol. The number of sulfonamides is 1. The predicted octanol–water partition coefficient (Wildman–Crippen LogP) is 2.62. The van der Waals surface area contributed by atoms with Crippen molar-refractivity contribution < 1.29 is 12.8 Å². The zero-order valence-corrected chi connectivity index (χ0v) is 13.7. The van der Waals surface area contributed by atoms with Gasteiger partial charge in [-0.15, -0.1) is 0 Å². The molecule has 0 aliphatic heterocycles. The Morgan fingerprint density at radius 2 is 2.05 bits per heavy atom. The van der Waals surface area contributed by atoms with Crippen LogP contribution in [-0.2, 0) is 16.6 Å². The van der Waals surface area contributed by atoms with Gasteiger partial charge in [-0.2, -0.15) is 0 Å². The second kappa shape index (κ2) is 8.04. The summed E-state index contributed by atoms with van der Waals surface area (Å²) in [6.45, 7) is 5.82. The molecule has 0 saturated carbocycles. The molecule has 1 rings (SSSR count). The molecule has 0 saturated heterocycles. The lowest BCUT2D eigenvalue weighted by molar-refractivity contribution is 0.464. The maximum absolute atomic E-state index is 12.1. The van der Waals surface area contributed by atoms with Gasteiger partial charge in [-0.25, -0.2) is 13.1 Å². The van der Waals surface area contributed by atoms with E-state index in [0.29, 0.717) is 18.8 Å². The zero-order valence-electron chi connectivity index (χ0n) is 11.3. The molecule has 7 heteroatoms. The van der Waals surface area contributed by atoms with E-state index in [1.54, 1.807) is 6.07 Å². The molecule has 5 nitrogen and oxygen atoms in total. The lowest BCUT2D eigenvalue weighted by Gasteiger charge is -2.04. The number of halogens is 1. The molecule has 19 heavy (non-hydrogen) atoms. The molecule has 0 unspecified atom stereocenters. The second-order valence-electron chi connectivity index (χ2n) is 4.24. The minimum atomic E-state index is -3.49. The first-order valence-corrected chi connectivity index (χ1v) is 8.77. The Kier molecular flexibility index (Phi) is 7.06. The van der Waals surface area contributed by atoms with Gasteiger partial charge in [0.05, 0.1) is 6.54 Å². The highest BCUT2D eigenvalue weighted by molar-refractivity contribution is 9.10. The molecule has 0 aliphatic rings. The van der Waals surface area contributed by atoms with E-state index in [4.69, 9.17) is 4.42 Å². The van der Waals surface area contributed by atoms with Crippen molar-refractivity contribution in [2.45, 2.75) is 44.6 Å². The van der Waals surface area contributed by atoms with E-state index in [1.807, 2.05) is 6.92 Å². The average Bonchev–Trinajstić information content (AvgIpc) is 2.74. The van der Waals surface area contributed by atoms with Crippen molar-refractivity contribution in [2.24, 2.45) is 0 Å². The molecule has 0 aromatic carbocycles. The maximum atomic E-state index is 12.1. The Bertz CT molecular complexity index is 485. The van der Waals surface area contributed by atoms with Gasteiger partial charge >= 0.3 is 0 Å². The molecule has 0 spiro atoms. The summed E-state index contributed by atoms with van der Waals surface area (Å²) >= 11 is 3.15. The van der Waals surface area contributed by atoms with E-state index in [1.165, 1.54) is 0 Å². The molecule has 110 valence electrons. The third kappa shape index (κ3) is 5.25. The van der Waals surface area contributed by atoms with E-state index < -0.39 is 10.0 Å². The molecule has 2 N–H and O–H groups in total. The van der Waals surface area contributed by atoms with Crippen LogP contribution in [0, 0.1) is 0 Å². The molecule has 0 bridgehead atoms. The van der Waals surface area contributed by atoms with Gasteiger partial charge < -0.3 is 9.73 Å². The number of furan rings is 1. The number of unbranched alkanes of at least 4 members (excludes halogenated alkanes) is 2. The first-order valence-electron chi connectivity index (χ1n) is 6.49. The summed E-state index contributed by atoms with van der Waals surface area (Å²) in [5.74, 6) is 0.600. The van der Waals surface area contributed by atoms with Gasteiger partial charge in [-0.05, 0) is 28.9 Å². The van der Waals surface area contributed by atoms with Crippen LogP contribution in [0.5, 0.6) is 0 Å². The molecule has 1 aromatic rings. The molecule has 0 radical (unpaired) electrons. The monoisotopic (exact) mass is 352 g/mol. The van der Waals surface area contributed by atoms with Crippen LogP contribution in [0.3, 0.4) is 0 Å². The van der Waals surface area contributed by atoms with Crippen LogP contribution in [0.15, 0.2) is 20.0 Å². The summed E-state index contributed by atoms with van der Waals surface area (Å²) in [7, 11) is -3.49. The van der Waals surface area contributed by atoms with Gasteiger partial charge in [0.15, 0.2) is 4.67 Å². The summed E-state index contributed by atoms with van der Waals surface area (Å²) in [4.78, 5) is 0.164. The van der Waals surface area contributed by atoms with Gasteiger partial charge in [0.2, 0.25) is 10.0 Å². The average molecular weight is 353 g/mol. The lowest BCUT2D eigenvalue weighted by atomic mass is 10.3. The minimum Gasteiger partial charge on any atom is -0.452 e. The fourth-order valence-corrected chi connectivity index (χ4v) is 3.65. The normalized spacial score (nSPS) is 11.9. The Morgan fingerprint density at radius 1 is 1.32 bits per heavy atom. The van der Waals surface area contributed by atoms with E-state index >= 15 is 0 Å². The van der Waals surface area contributed by atoms with Crippen molar-refractivity contribution >= 4 is 26.0 Å². The van der Waals surface area contributed by atoms with Crippen molar-refractivity contribution in [3.05, 3.63) is 16.5 Å². The van der Waals surface area contributed by atoms with Crippen LogP contribution in [0.1, 0.15) is 38.9 Å². The summed E-state index contributed by atoms with van der Waals surface area (Å²) < 4.78 is 32.4. The Balaban J connectivity index is 2.69. The summed E-state index contributed by atoms with van der Waals surface area (Å²) in [5.41, 5.74) is 0. The number of rotatable bonds is 9. The molecule has 1 aromatic heterocycles. The fourth-order valence-electron chi connectivity index (χ4n) is 1.58. The van der Waals surface area contributed by atoms with Crippen LogP contribution in [0.2, 0.25) is 0 Å². The Morgan fingerprint density at radius 3 is 2.68 bits per heavy atom. The van der Waals surface area contributed by atoms with E-state index in [0.717, 1.165) is 25.8 Å². The molecular weight excluding hydrogens is 332 g/mol. The molecule has 0 amide bonds. The quantitative estimate of drug-likeness (QED) is 0.670. The highest BCUT2D eigenvalue weighted by Gasteiger charge is 2.21. The van der Waals surface area contributed by atoms with E-state index in [-0.39, 0.29) is 9.56 Å². The summed E-state index contributed by atoms with van der Waals surface area (Å²) in [5, 5.41) is 3.09. The zero-order chi connectivity index (χ0) is 14.3. The standard InChI is InChI=1S/C12H21BrN2O3S/c1-3-5-6-7-15-19(16,17)11-8-10(9-14-4-2)18-12(11)13/h8,14-15H,3-7,9H2,1-2H3. The summed E-state index contributed by atoms with van der Waals surface area (Å²) in [6, 6.07) is 1.55. The Labute approximate surface area is 123 Å². The van der Waals surface area contributed by atoms with Crippen molar-refractivity contribution in [2.75, 3.05) is 13.1 Å². The molecular formula is C12H21BrN2O3S. The SMILES string of the molecule is CCCCCNS(=O)(=O)c1cc(CNCC)oc1Br. The van der Waals surface area contributed by atoms with Crippen LogP contribution >= 0.6 is 15.9 Å². The van der Waals surface area contributed by atoms with Crippen LogP contribution in [-0.4, -0.2) is 21.5 Å². The van der Waals surface area contributed by atoms with Gasteiger partial charge in [0.25, 0.3) is 0 Å². The summed E-state index contributed by atoms with van der Waals surface area (Å²) in [6.07, 6.45) is 2.92. The molecule has 1 heterocycles.